The average molecular weight is 458 g/mol. The summed E-state index contributed by atoms with van der Waals surface area (Å²) >= 11 is 0. The number of ketones is 1. The van der Waals surface area contributed by atoms with Gasteiger partial charge in [-0.15, -0.1) is 0 Å². The number of aliphatic hydroxyl groups excluding tert-OH is 1. The first-order valence-corrected chi connectivity index (χ1v) is 10.8. The van der Waals surface area contributed by atoms with Crippen LogP contribution in [0.25, 0.3) is 5.76 Å². The van der Waals surface area contributed by atoms with Gasteiger partial charge in [-0.05, 0) is 66.1 Å². The molecule has 0 aromatic heterocycles. The monoisotopic (exact) mass is 458 g/mol. The number of rotatable bonds is 5. The van der Waals surface area contributed by atoms with Gasteiger partial charge in [0, 0.05) is 23.9 Å². The molecule has 1 aliphatic heterocycles. The molecule has 3 aromatic carbocycles. The lowest BCUT2D eigenvalue weighted by Crippen LogP contribution is -2.29. The largest absolute Gasteiger partial charge is 0.507 e. The number of carbonyl (C=O) groups excluding carboxylic acids is 3. The van der Waals surface area contributed by atoms with Gasteiger partial charge in [-0.3, -0.25) is 19.3 Å². The predicted octanol–water partition coefficient (Wildman–Crippen LogP) is 4.97. The Kier molecular flexibility index (Phi) is 6.27. The van der Waals surface area contributed by atoms with Crippen LogP contribution in [0.5, 0.6) is 0 Å². The number of aliphatic hydroxyl groups is 1. The highest BCUT2D eigenvalue weighted by Crippen LogP contribution is 2.42. The first-order chi connectivity index (χ1) is 16.3. The van der Waals surface area contributed by atoms with Gasteiger partial charge in [-0.2, -0.15) is 0 Å². The summed E-state index contributed by atoms with van der Waals surface area (Å²) in [5, 5.41) is 13.7. The molecule has 34 heavy (non-hydrogen) atoms. The lowest BCUT2D eigenvalue weighted by Gasteiger charge is -2.26. The highest BCUT2D eigenvalue weighted by atomic mass is 19.1. The van der Waals surface area contributed by atoms with Crippen molar-refractivity contribution < 1.29 is 23.9 Å². The van der Waals surface area contributed by atoms with E-state index >= 15 is 0 Å². The number of anilines is 2. The Morgan fingerprint density at radius 3 is 2.15 bits per heavy atom. The van der Waals surface area contributed by atoms with E-state index in [0.29, 0.717) is 16.9 Å². The molecule has 0 aliphatic carbocycles. The highest BCUT2D eigenvalue weighted by Gasteiger charge is 2.46. The minimum absolute atomic E-state index is 0.0770. The van der Waals surface area contributed by atoms with Crippen LogP contribution in [0.15, 0.2) is 78.4 Å². The summed E-state index contributed by atoms with van der Waals surface area (Å²) < 4.78 is 13.4. The van der Waals surface area contributed by atoms with E-state index in [4.69, 9.17) is 0 Å². The maximum Gasteiger partial charge on any atom is 0.300 e. The fourth-order valence-corrected chi connectivity index (χ4v) is 4.02. The van der Waals surface area contributed by atoms with E-state index < -0.39 is 23.5 Å². The number of amides is 2. The summed E-state index contributed by atoms with van der Waals surface area (Å²) in [5.74, 6) is -2.72. The van der Waals surface area contributed by atoms with Gasteiger partial charge < -0.3 is 10.4 Å². The molecule has 2 amide bonds. The number of carbonyl (C=O) groups is 3. The molecule has 6 nitrogen and oxygen atoms in total. The molecule has 0 radical (unpaired) electrons. The summed E-state index contributed by atoms with van der Waals surface area (Å²) in [4.78, 5) is 39.0. The summed E-state index contributed by atoms with van der Waals surface area (Å²) in [6.07, 6.45) is 0.820. The van der Waals surface area contributed by atoms with E-state index in [0.717, 1.165) is 12.0 Å². The van der Waals surface area contributed by atoms with Crippen molar-refractivity contribution in [2.75, 3.05) is 10.2 Å². The van der Waals surface area contributed by atoms with E-state index in [1.54, 1.807) is 24.3 Å². The van der Waals surface area contributed by atoms with Crippen molar-refractivity contribution >= 4 is 34.7 Å². The zero-order valence-corrected chi connectivity index (χ0v) is 18.7. The van der Waals surface area contributed by atoms with Crippen LogP contribution in [0.4, 0.5) is 15.8 Å². The Balaban J connectivity index is 1.86. The van der Waals surface area contributed by atoms with Crippen LogP contribution < -0.4 is 10.2 Å². The summed E-state index contributed by atoms with van der Waals surface area (Å²) in [5.41, 5.74) is 2.86. The molecule has 1 fully saturated rings. The topological polar surface area (TPSA) is 86.7 Å². The van der Waals surface area contributed by atoms with Crippen molar-refractivity contribution in [3.8, 4) is 0 Å². The molecule has 0 saturated carbocycles. The number of hydrogen-bond donors (Lipinski definition) is 2. The summed E-state index contributed by atoms with van der Waals surface area (Å²) in [7, 11) is 0. The molecule has 0 spiro atoms. The van der Waals surface area contributed by atoms with Gasteiger partial charge in [0.25, 0.3) is 11.7 Å². The number of nitrogens with one attached hydrogen (secondary N) is 1. The zero-order valence-electron chi connectivity index (χ0n) is 18.7. The summed E-state index contributed by atoms with van der Waals surface area (Å²) in [6.45, 7) is 3.41. The SMILES string of the molecule is CCc1ccc(C2/C(=C(\O)c3ccc(F)cc3)C(=O)C(=O)N2c2ccc(NC(C)=O)cc2)cc1. The molecule has 1 aliphatic rings. The molecular formula is C27H23FN2O4. The molecular weight excluding hydrogens is 435 g/mol. The second kappa shape index (κ2) is 9.31. The molecule has 0 bridgehead atoms. The van der Waals surface area contributed by atoms with E-state index in [2.05, 4.69) is 5.32 Å². The van der Waals surface area contributed by atoms with E-state index in [9.17, 15) is 23.9 Å². The molecule has 1 heterocycles. The molecule has 1 atom stereocenters. The van der Waals surface area contributed by atoms with Crippen LogP contribution in [-0.4, -0.2) is 22.7 Å². The van der Waals surface area contributed by atoms with Gasteiger partial charge in [-0.1, -0.05) is 31.2 Å². The van der Waals surface area contributed by atoms with Crippen molar-refractivity contribution in [1.82, 2.24) is 0 Å². The lowest BCUT2D eigenvalue weighted by molar-refractivity contribution is -0.132. The molecule has 1 saturated heterocycles. The molecule has 3 aromatic rings. The fraction of sp³-hybridized carbons (Fsp3) is 0.148. The number of benzene rings is 3. The Morgan fingerprint density at radius 1 is 0.971 bits per heavy atom. The maximum absolute atomic E-state index is 13.4. The minimum atomic E-state index is -0.887. The number of hydrogen-bond acceptors (Lipinski definition) is 4. The van der Waals surface area contributed by atoms with Crippen molar-refractivity contribution in [3.05, 3.63) is 101 Å². The van der Waals surface area contributed by atoms with Crippen molar-refractivity contribution in [2.24, 2.45) is 0 Å². The van der Waals surface area contributed by atoms with Gasteiger partial charge >= 0.3 is 0 Å². The number of Topliss-reactive ketones (excluding diaryl/α,β-unsaturated/α-hetero) is 1. The Morgan fingerprint density at radius 2 is 1.59 bits per heavy atom. The van der Waals surface area contributed by atoms with Crippen LogP contribution in [0.3, 0.4) is 0 Å². The third kappa shape index (κ3) is 4.32. The van der Waals surface area contributed by atoms with Crippen molar-refractivity contribution in [2.45, 2.75) is 26.3 Å². The van der Waals surface area contributed by atoms with Crippen LogP contribution in [-0.2, 0) is 20.8 Å². The first kappa shape index (κ1) is 22.9. The lowest BCUT2D eigenvalue weighted by atomic mass is 9.94. The number of halogens is 1. The van der Waals surface area contributed by atoms with Crippen molar-refractivity contribution in [1.29, 1.82) is 0 Å². The van der Waals surface area contributed by atoms with Gasteiger partial charge in [0.2, 0.25) is 5.91 Å². The molecule has 7 heteroatoms. The van der Waals surface area contributed by atoms with Gasteiger partial charge in [-0.25, -0.2) is 4.39 Å². The molecule has 172 valence electrons. The Labute approximate surface area is 196 Å². The van der Waals surface area contributed by atoms with E-state index in [-0.39, 0.29) is 22.8 Å². The van der Waals surface area contributed by atoms with Crippen LogP contribution in [0.1, 0.15) is 36.6 Å². The Hall–Kier alpha value is -4.26. The zero-order chi connectivity index (χ0) is 24.4. The third-order valence-corrected chi connectivity index (χ3v) is 5.73. The van der Waals surface area contributed by atoms with Gasteiger partial charge in [0.1, 0.15) is 11.6 Å². The molecule has 4 rings (SSSR count). The van der Waals surface area contributed by atoms with E-state index in [1.807, 2.05) is 31.2 Å². The van der Waals surface area contributed by atoms with Crippen LogP contribution in [0.2, 0.25) is 0 Å². The molecule has 2 N–H and O–H groups in total. The summed E-state index contributed by atoms with van der Waals surface area (Å²) in [6, 6.07) is 18.2. The number of nitrogens with zero attached hydrogens (tertiary/aromatic N) is 1. The normalized spacial score (nSPS) is 17.1. The van der Waals surface area contributed by atoms with Gasteiger partial charge in [0.05, 0.1) is 11.6 Å². The quantitative estimate of drug-likeness (QED) is 0.321. The fourth-order valence-electron chi connectivity index (χ4n) is 4.02. The molecule has 1 unspecified atom stereocenters. The first-order valence-electron chi connectivity index (χ1n) is 10.8. The predicted molar refractivity (Wildman–Crippen MR) is 128 cm³/mol. The van der Waals surface area contributed by atoms with Crippen molar-refractivity contribution in [3.63, 3.8) is 0 Å². The minimum Gasteiger partial charge on any atom is -0.507 e. The Bertz CT molecular complexity index is 1280. The van der Waals surface area contributed by atoms with Crippen LogP contribution >= 0.6 is 0 Å². The standard InChI is InChI=1S/C27H23FN2O4/c1-3-17-4-6-18(7-5-17)24-23(25(32)19-8-10-20(28)11-9-19)26(33)27(34)30(24)22-14-12-21(13-15-22)29-16(2)31/h4-15,24,32H,3H2,1-2H3,(H,29,31)/b25-23+. The number of aryl methyl sites for hydroxylation is 1. The van der Waals surface area contributed by atoms with Gasteiger partial charge in [0.15, 0.2) is 0 Å². The smallest absolute Gasteiger partial charge is 0.300 e. The van der Waals surface area contributed by atoms with E-state index in [1.165, 1.54) is 36.1 Å². The highest BCUT2D eigenvalue weighted by molar-refractivity contribution is 6.51. The van der Waals surface area contributed by atoms with Crippen LogP contribution in [0, 0.1) is 5.82 Å². The second-order valence-electron chi connectivity index (χ2n) is 8.00. The average Bonchev–Trinajstić information content (AvgIpc) is 3.10. The second-order valence-corrected chi connectivity index (χ2v) is 8.00. The third-order valence-electron chi connectivity index (χ3n) is 5.73. The maximum atomic E-state index is 13.4.